The van der Waals surface area contributed by atoms with Crippen LogP contribution in [0.4, 0.5) is 5.69 Å². The molecule has 2 aliphatic carbocycles. The number of hydrogen-bond donors (Lipinski definition) is 2. The largest absolute Gasteiger partial charge is 0.477 e. The van der Waals surface area contributed by atoms with Crippen LogP contribution in [0.25, 0.3) is 0 Å². The summed E-state index contributed by atoms with van der Waals surface area (Å²) in [6.07, 6.45) is 4.68. The molecule has 1 heterocycles. The van der Waals surface area contributed by atoms with Crippen molar-refractivity contribution >= 4 is 11.6 Å². The summed E-state index contributed by atoms with van der Waals surface area (Å²) in [5.74, 6) is 2.35. The van der Waals surface area contributed by atoms with Crippen molar-refractivity contribution in [1.29, 1.82) is 0 Å². The highest BCUT2D eigenvalue weighted by molar-refractivity contribution is 5.83. The molecule has 0 aromatic heterocycles. The normalized spacial score (nSPS) is 34.0. The lowest BCUT2D eigenvalue weighted by Crippen LogP contribution is -2.49. The van der Waals surface area contributed by atoms with Crippen LogP contribution in [0.1, 0.15) is 25.7 Å². The van der Waals surface area contributed by atoms with E-state index in [-0.39, 0.29) is 5.91 Å². The van der Waals surface area contributed by atoms with Gasteiger partial charge in [0.05, 0.1) is 12.2 Å². The molecule has 4 unspecified atom stereocenters. The maximum absolute atomic E-state index is 12.4. The van der Waals surface area contributed by atoms with Crippen LogP contribution in [0.2, 0.25) is 0 Å². The Morgan fingerprint density at radius 2 is 2.15 bits per heavy atom. The number of hydrogen-bond acceptors (Lipinski definition) is 3. The Labute approximate surface area is 118 Å². The van der Waals surface area contributed by atoms with Crippen LogP contribution in [0.5, 0.6) is 5.75 Å². The fraction of sp³-hybridized carbons (Fsp3) is 0.562. The molecule has 4 nitrogen and oxygen atoms in total. The summed E-state index contributed by atoms with van der Waals surface area (Å²) in [7, 11) is 0. The molecule has 20 heavy (non-hydrogen) atoms. The second kappa shape index (κ2) is 4.69. The maximum atomic E-state index is 12.4. The lowest BCUT2D eigenvalue weighted by molar-refractivity contribution is -0.128. The molecule has 0 radical (unpaired) electrons. The lowest BCUT2D eigenvalue weighted by Gasteiger charge is -2.29. The van der Waals surface area contributed by atoms with Crippen LogP contribution < -0.4 is 15.4 Å². The van der Waals surface area contributed by atoms with Crippen molar-refractivity contribution in [3.05, 3.63) is 24.3 Å². The molecular weight excluding hydrogens is 252 g/mol. The van der Waals surface area contributed by atoms with Crippen LogP contribution in [0, 0.1) is 11.8 Å². The number of carbonyl (C=O) groups excluding carboxylic acids is 1. The van der Waals surface area contributed by atoms with E-state index in [2.05, 4.69) is 10.6 Å². The van der Waals surface area contributed by atoms with Crippen LogP contribution in [-0.2, 0) is 4.79 Å². The number of carbonyl (C=O) groups is 1. The number of benzene rings is 1. The molecule has 1 aliphatic heterocycles. The van der Waals surface area contributed by atoms with Gasteiger partial charge < -0.3 is 15.4 Å². The van der Waals surface area contributed by atoms with E-state index in [1.165, 1.54) is 19.3 Å². The van der Waals surface area contributed by atoms with E-state index < -0.39 is 6.10 Å². The van der Waals surface area contributed by atoms with Crippen LogP contribution in [-0.4, -0.2) is 24.6 Å². The Bertz CT molecular complexity index is 531. The summed E-state index contributed by atoms with van der Waals surface area (Å²) >= 11 is 0. The predicted molar refractivity (Wildman–Crippen MR) is 76.7 cm³/mol. The van der Waals surface area contributed by atoms with Crippen molar-refractivity contribution in [2.75, 3.05) is 11.9 Å². The van der Waals surface area contributed by atoms with E-state index >= 15 is 0 Å². The maximum Gasteiger partial charge on any atom is 0.263 e. The standard InChI is InChI=1S/C16H20N2O2/c19-16(18-13-8-10-5-6-11(13)7-10)15-9-17-12-3-1-2-4-14(12)20-15/h1-4,10-11,13,15,17H,5-9H2,(H,18,19). The monoisotopic (exact) mass is 272 g/mol. The number of para-hydroxylation sites is 2. The van der Waals surface area contributed by atoms with Gasteiger partial charge in [-0.3, -0.25) is 4.79 Å². The Morgan fingerprint density at radius 3 is 2.95 bits per heavy atom. The van der Waals surface area contributed by atoms with Gasteiger partial charge in [-0.1, -0.05) is 18.6 Å². The number of fused-ring (bicyclic) bond motifs is 3. The number of nitrogens with one attached hydrogen (secondary N) is 2. The molecule has 0 saturated heterocycles. The summed E-state index contributed by atoms with van der Waals surface area (Å²) in [5, 5.41) is 6.47. The second-order valence-corrected chi connectivity index (χ2v) is 6.27. The molecule has 1 aromatic rings. The highest BCUT2D eigenvalue weighted by Crippen LogP contribution is 2.44. The third kappa shape index (κ3) is 2.03. The fourth-order valence-corrected chi connectivity index (χ4v) is 3.96. The quantitative estimate of drug-likeness (QED) is 0.867. The van der Waals surface area contributed by atoms with E-state index in [1.54, 1.807) is 0 Å². The van der Waals surface area contributed by atoms with E-state index in [4.69, 9.17) is 4.74 Å². The third-order valence-corrected chi connectivity index (χ3v) is 4.99. The van der Waals surface area contributed by atoms with Gasteiger partial charge in [0, 0.05) is 6.04 Å². The molecule has 4 atom stereocenters. The zero-order chi connectivity index (χ0) is 13.5. The average molecular weight is 272 g/mol. The first-order valence-electron chi connectivity index (χ1n) is 7.59. The lowest BCUT2D eigenvalue weighted by atomic mass is 9.95. The molecule has 1 amide bonds. The second-order valence-electron chi connectivity index (χ2n) is 6.27. The van der Waals surface area contributed by atoms with Crippen molar-refractivity contribution in [2.24, 2.45) is 11.8 Å². The summed E-state index contributed by atoms with van der Waals surface area (Å²) < 4.78 is 5.81. The predicted octanol–water partition coefficient (Wildman–Crippen LogP) is 2.16. The molecule has 0 spiro atoms. The van der Waals surface area contributed by atoms with Crippen LogP contribution in [0.3, 0.4) is 0 Å². The topological polar surface area (TPSA) is 50.4 Å². The molecule has 2 N–H and O–H groups in total. The number of rotatable bonds is 2. The number of amides is 1. The molecule has 2 fully saturated rings. The van der Waals surface area contributed by atoms with Gasteiger partial charge in [0.2, 0.25) is 0 Å². The van der Waals surface area contributed by atoms with Gasteiger partial charge in [-0.25, -0.2) is 0 Å². The SMILES string of the molecule is O=C(NC1CC2CCC1C2)C1CNc2ccccc2O1. The summed E-state index contributed by atoms with van der Waals surface area (Å²) in [6.45, 7) is 0.545. The third-order valence-electron chi connectivity index (χ3n) is 4.99. The smallest absolute Gasteiger partial charge is 0.263 e. The van der Waals surface area contributed by atoms with E-state index in [1.807, 2.05) is 24.3 Å². The Kier molecular flexibility index (Phi) is 2.83. The van der Waals surface area contributed by atoms with Crippen LogP contribution in [0.15, 0.2) is 24.3 Å². The summed E-state index contributed by atoms with van der Waals surface area (Å²) in [5.41, 5.74) is 0.969. The number of anilines is 1. The first-order chi connectivity index (χ1) is 9.79. The molecule has 3 aliphatic rings. The molecular formula is C16H20N2O2. The highest BCUT2D eigenvalue weighted by Gasteiger charge is 2.41. The minimum atomic E-state index is -0.413. The molecule has 2 bridgehead atoms. The molecule has 4 rings (SSSR count). The molecule has 106 valence electrons. The first kappa shape index (κ1) is 12.1. The van der Waals surface area contributed by atoms with Gasteiger partial charge >= 0.3 is 0 Å². The summed E-state index contributed by atoms with van der Waals surface area (Å²) in [6, 6.07) is 8.14. The average Bonchev–Trinajstić information content (AvgIpc) is 3.09. The fourth-order valence-electron chi connectivity index (χ4n) is 3.96. The van der Waals surface area contributed by atoms with Crippen molar-refractivity contribution in [2.45, 2.75) is 37.8 Å². The van der Waals surface area contributed by atoms with Crippen LogP contribution >= 0.6 is 0 Å². The van der Waals surface area contributed by atoms with E-state index in [0.29, 0.717) is 18.5 Å². The van der Waals surface area contributed by atoms with Gasteiger partial charge in [0.25, 0.3) is 5.91 Å². The Morgan fingerprint density at radius 1 is 1.25 bits per heavy atom. The van der Waals surface area contributed by atoms with Crippen molar-refractivity contribution < 1.29 is 9.53 Å². The van der Waals surface area contributed by atoms with Gasteiger partial charge in [-0.05, 0) is 43.2 Å². The van der Waals surface area contributed by atoms with Crippen molar-refractivity contribution in [1.82, 2.24) is 5.32 Å². The Hall–Kier alpha value is -1.71. The molecule has 2 saturated carbocycles. The molecule has 1 aromatic carbocycles. The Balaban J connectivity index is 1.40. The summed E-state index contributed by atoms with van der Waals surface area (Å²) in [4.78, 5) is 12.4. The zero-order valence-electron chi connectivity index (χ0n) is 11.5. The minimum absolute atomic E-state index is 0.0320. The van der Waals surface area contributed by atoms with Gasteiger partial charge in [0.15, 0.2) is 6.10 Å². The van der Waals surface area contributed by atoms with E-state index in [9.17, 15) is 4.79 Å². The molecule has 4 heteroatoms. The zero-order valence-corrected chi connectivity index (χ0v) is 11.5. The van der Waals surface area contributed by atoms with Gasteiger partial charge in [-0.2, -0.15) is 0 Å². The van der Waals surface area contributed by atoms with Crippen molar-refractivity contribution in [3.8, 4) is 5.75 Å². The minimum Gasteiger partial charge on any atom is -0.477 e. The number of ether oxygens (including phenoxy) is 1. The first-order valence-corrected chi connectivity index (χ1v) is 7.59. The van der Waals surface area contributed by atoms with Gasteiger partial charge in [0.1, 0.15) is 5.75 Å². The highest BCUT2D eigenvalue weighted by atomic mass is 16.5. The van der Waals surface area contributed by atoms with Gasteiger partial charge in [-0.15, -0.1) is 0 Å². The van der Waals surface area contributed by atoms with Crippen molar-refractivity contribution in [3.63, 3.8) is 0 Å². The van der Waals surface area contributed by atoms with E-state index in [0.717, 1.165) is 23.8 Å².